The molecule has 2 amide bonds. The first-order chi connectivity index (χ1) is 16.5. The summed E-state index contributed by atoms with van der Waals surface area (Å²) >= 11 is 12.0. The molecule has 1 aliphatic rings. The minimum Gasteiger partial charge on any atom is -0.493 e. The summed E-state index contributed by atoms with van der Waals surface area (Å²) in [4.78, 5) is 26.8. The average molecular weight is 545 g/mol. The van der Waals surface area contributed by atoms with Gasteiger partial charge in [-0.05, 0) is 48.4 Å². The number of anilines is 1. The van der Waals surface area contributed by atoms with Crippen LogP contribution in [0.3, 0.4) is 0 Å². The van der Waals surface area contributed by atoms with E-state index in [1.165, 1.54) is 25.2 Å². The summed E-state index contributed by atoms with van der Waals surface area (Å²) in [5.41, 5.74) is -0.324. The van der Waals surface area contributed by atoms with Gasteiger partial charge in [0.15, 0.2) is 11.5 Å². The van der Waals surface area contributed by atoms with Crippen molar-refractivity contribution in [2.24, 2.45) is 0 Å². The summed E-state index contributed by atoms with van der Waals surface area (Å²) in [7, 11) is 3.04. The molecule has 0 aromatic heterocycles. The molecule has 0 spiro atoms. The van der Waals surface area contributed by atoms with Gasteiger partial charge in [-0.3, -0.25) is 14.5 Å². The second-order valence-electron chi connectivity index (χ2n) is 7.29. The number of nitrogens with one attached hydrogen (secondary N) is 1. The Balaban J connectivity index is 1.58. The predicted molar refractivity (Wildman–Crippen MR) is 134 cm³/mol. The van der Waals surface area contributed by atoms with Crippen molar-refractivity contribution in [2.45, 2.75) is 19.0 Å². The van der Waals surface area contributed by atoms with Crippen LogP contribution in [0.15, 0.2) is 41.3 Å². The minimum absolute atomic E-state index is 0.0181. The molecule has 1 aliphatic heterocycles. The standard InChI is InChI=1S/C23H20ClF3N2O4S2/c1-32-17-8-5-13(10-18(17)33-2)11-19-21(31)29(22(34)35-19)9-3-4-20(30)28-14-6-7-16(24)15(12-14)23(25,26)27/h5-8,10-12H,3-4,9H2,1-2H3,(H,28,30)/b19-11-. The molecule has 3 rings (SSSR count). The number of thiocarbonyl (C=S) groups is 1. The number of halogens is 4. The van der Waals surface area contributed by atoms with Gasteiger partial charge < -0.3 is 14.8 Å². The van der Waals surface area contributed by atoms with Gasteiger partial charge in [-0.1, -0.05) is 41.6 Å². The molecule has 2 aromatic rings. The minimum atomic E-state index is -4.64. The topological polar surface area (TPSA) is 67.9 Å². The van der Waals surface area contributed by atoms with E-state index < -0.39 is 22.7 Å². The van der Waals surface area contributed by atoms with Gasteiger partial charge in [-0.15, -0.1) is 0 Å². The second kappa shape index (κ2) is 11.3. The molecule has 0 aliphatic carbocycles. The number of hydrogen-bond acceptors (Lipinski definition) is 6. The Morgan fingerprint density at radius 1 is 1.17 bits per heavy atom. The number of thioether (sulfide) groups is 1. The van der Waals surface area contributed by atoms with E-state index in [0.717, 1.165) is 29.5 Å². The molecular formula is C23H20ClF3N2O4S2. The first kappa shape index (κ1) is 26.8. The summed E-state index contributed by atoms with van der Waals surface area (Å²) in [5.74, 6) is 0.295. The molecule has 1 fully saturated rings. The van der Waals surface area contributed by atoms with Crippen LogP contribution in [0, 0.1) is 0 Å². The molecule has 0 atom stereocenters. The molecule has 1 N–H and O–H groups in total. The number of carbonyl (C=O) groups is 2. The summed E-state index contributed by atoms with van der Waals surface area (Å²) in [6, 6.07) is 8.38. The lowest BCUT2D eigenvalue weighted by Crippen LogP contribution is -2.29. The molecular weight excluding hydrogens is 525 g/mol. The van der Waals surface area contributed by atoms with Crippen LogP contribution in [0.25, 0.3) is 6.08 Å². The van der Waals surface area contributed by atoms with Gasteiger partial charge in [0.25, 0.3) is 5.91 Å². The molecule has 1 heterocycles. The number of benzene rings is 2. The Hall–Kier alpha value is -2.76. The molecule has 186 valence electrons. The number of rotatable bonds is 8. The highest BCUT2D eigenvalue weighted by molar-refractivity contribution is 8.26. The quantitative estimate of drug-likeness (QED) is 0.325. The van der Waals surface area contributed by atoms with E-state index in [1.807, 2.05) is 0 Å². The fourth-order valence-corrected chi connectivity index (χ4v) is 4.76. The van der Waals surface area contributed by atoms with Crippen LogP contribution >= 0.6 is 35.6 Å². The summed E-state index contributed by atoms with van der Waals surface area (Å²) in [5, 5.41) is 1.97. The van der Waals surface area contributed by atoms with Crippen molar-refractivity contribution < 1.29 is 32.2 Å². The fourth-order valence-electron chi connectivity index (χ4n) is 3.23. The van der Waals surface area contributed by atoms with Crippen molar-refractivity contribution in [2.75, 3.05) is 26.1 Å². The van der Waals surface area contributed by atoms with E-state index >= 15 is 0 Å². The van der Waals surface area contributed by atoms with Gasteiger partial charge in [0, 0.05) is 18.7 Å². The van der Waals surface area contributed by atoms with Crippen LogP contribution in [0.1, 0.15) is 24.0 Å². The third kappa shape index (κ3) is 6.68. The fraction of sp³-hybridized carbons (Fsp3) is 0.261. The first-order valence-electron chi connectivity index (χ1n) is 10.2. The zero-order valence-electron chi connectivity index (χ0n) is 18.6. The highest BCUT2D eigenvalue weighted by Crippen LogP contribution is 2.37. The van der Waals surface area contributed by atoms with Gasteiger partial charge in [0.1, 0.15) is 4.32 Å². The van der Waals surface area contributed by atoms with Crippen molar-refractivity contribution in [3.63, 3.8) is 0 Å². The Kier molecular flexibility index (Phi) is 8.68. The number of amides is 2. The van der Waals surface area contributed by atoms with Gasteiger partial charge in [0.2, 0.25) is 5.91 Å². The zero-order valence-corrected chi connectivity index (χ0v) is 21.0. The smallest absolute Gasteiger partial charge is 0.417 e. The van der Waals surface area contributed by atoms with Crippen molar-refractivity contribution >= 4 is 63.5 Å². The van der Waals surface area contributed by atoms with Crippen LogP contribution in [0.2, 0.25) is 5.02 Å². The van der Waals surface area contributed by atoms with Gasteiger partial charge in [0.05, 0.1) is 29.7 Å². The lowest BCUT2D eigenvalue weighted by Gasteiger charge is -2.14. The van der Waals surface area contributed by atoms with Crippen molar-refractivity contribution in [1.29, 1.82) is 0 Å². The average Bonchev–Trinajstić information content (AvgIpc) is 3.06. The second-order valence-corrected chi connectivity index (χ2v) is 9.37. The SMILES string of the molecule is COc1ccc(/C=C2\SC(=S)N(CCCC(=O)Nc3ccc(Cl)c(C(F)(F)F)c3)C2=O)cc1OC. The largest absolute Gasteiger partial charge is 0.493 e. The lowest BCUT2D eigenvalue weighted by molar-refractivity contribution is -0.137. The Morgan fingerprint density at radius 3 is 2.54 bits per heavy atom. The third-order valence-corrected chi connectivity index (χ3v) is 6.63. The Morgan fingerprint density at radius 2 is 1.89 bits per heavy atom. The van der Waals surface area contributed by atoms with Crippen LogP contribution in [-0.4, -0.2) is 41.8 Å². The maximum absolute atomic E-state index is 13.0. The van der Waals surface area contributed by atoms with Crippen LogP contribution in [0.5, 0.6) is 11.5 Å². The van der Waals surface area contributed by atoms with Crippen LogP contribution in [-0.2, 0) is 15.8 Å². The number of ether oxygens (including phenoxy) is 2. The first-order valence-corrected chi connectivity index (χ1v) is 11.8. The zero-order chi connectivity index (χ0) is 25.8. The molecule has 1 saturated heterocycles. The summed E-state index contributed by atoms with van der Waals surface area (Å²) in [6.07, 6.45) is -2.70. The third-order valence-electron chi connectivity index (χ3n) is 4.92. The number of hydrogen-bond donors (Lipinski definition) is 1. The number of carbonyl (C=O) groups excluding carboxylic acids is 2. The Bertz CT molecular complexity index is 1190. The predicted octanol–water partition coefficient (Wildman–Crippen LogP) is 6.00. The number of alkyl halides is 3. The highest BCUT2D eigenvalue weighted by atomic mass is 35.5. The molecule has 0 saturated carbocycles. The van der Waals surface area contributed by atoms with Gasteiger partial charge in [-0.25, -0.2) is 0 Å². The molecule has 0 unspecified atom stereocenters. The van der Waals surface area contributed by atoms with E-state index in [1.54, 1.807) is 24.3 Å². The normalized spacial score (nSPS) is 15.0. The molecule has 35 heavy (non-hydrogen) atoms. The molecule has 0 bridgehead atoms. The monoisotopic (exact) mass is 544 g/mol. The van der Waals surface area contributed by atoms with Crippen LogP contribution < -0.4 is 14.8 Å². The molecule has 2 aromatic carbocycles. The maximum Gasteiger partial charge on any atom is 0.417 e. The molecule has 12 heteroatoms. The van der Waals surface area contributed by atoms with Crippen molar-refractivity contribution in [3.8, 4) is 11.5 Å². The lowest BCUT2D eigenvalue weighted by atomic mass is 10.1. The van der Waals surface area contributed by atoms with Crippen molar-refractivity contribution in [3.05, 3.63) is 57.5 Å². The van der Waals surface area contributed by atoms with E-state index in [4.69, 9.17) is 33.3 Å². The summed E-state index contributed by atoms with van der Waals surface area (Å²) < 4.78 is 49.8. The number of nitrogens with zero attached hydrogens (tertiary/aromatic N) is 1. The number of methoxy groups -OCH3 is 2. The maximum atomic E-state index is 13.0. The molecule has 6 nitrogen and oxygen atoms in total. The highest BCUT2D eigenvalue weighted by Gasteiger charge is 2.34. The van der Waals surface area contributed by atoms with Crippen molar-refractivity contribution in [1.82, 2.24) is 4.90 Å². The van der Waals surface area contributed by atoms with E-state index in [9.17, 15) is 22.8 Å². The summed E-state index contributed by atoms with van der Waals surface area (Å²) in [6.45, 7) is 0.190. The van der Waals surface area contributed by atoms with E-state index in [-0.39, 0.29) is 31.0 Å². The Labute approximate surface area is 214 Å². The van der Waals surface area contributed by atoms with Gasteiger partial charge in [-0.2, -0.15) is 13.2 Å². The van der Waals surface area contributed by atoms with Crippen LogP contribution in [0.4, 0.5) is 18.9 Å². The van der Waals surface area contributed by atoms with E-state index in [2.05, 4.69) is 5.32 Å². The van der Waals surface area contributed by atoms with Gasteiger partial charge >= 0.3 is 6.18 Å². The van der Waals surface area contributed by atoms with E-state index in [0.29, 0.717) is 20.7 Å². The molecule has 0 radical (unpaired) electrons.